The zero-order chi connectivity index (χ0) is 32.1. The number of rotatable bonds is 10. The Hall–Kier alpha value is -3.69. The standard InChI is InChI=1S/C28H28FNO4.C2H6O6S2/c1-18-25-14-23(32)7-10-26(25)34-28(27(18)21-3-2-4-22(31)13-21)20-5-8-24(9-6-20)33-12-11-30-16-19(15-29)17-30;3-9(4,5)1-2-10(6,7)8/h2-10,13-14,19,28,31-32H,11-12,15-17H2,1H3;1-2H2,(H,3,4,5)(H,6,7,8)/t28-;/m1./s1. The van der Waals surface area contributed by atoms with Crippen molar-refractivity contribution in [3.05, 3.63) is 83.4 Å². The molecule has 1 atom stereocenters. The van der Waals surface area contributed by atoms with Crippen molar-refractivity contribution in [1.82, 2.24) is 4.90 Å². The van der Waals surface area contributed by atoms with E-state index < -0.39 is 31.7 Å². The molecule has 1 saturated heterocycles. The first-order valence-corrected chi connectivity index (χ1v) is 16.9. The lowest BCUT2D eigenvalue weighted by molar-refractivity contribution is 0.0668. The fraction of sp³-hybridized carbons (Fsp3) is 0.333. The molecule has 4 N–H and O–H groups in total. The molecule has 0 unspecified atom stereocenters. The van der Waals surface area contributed by atoms with Crippen molar-refractivity contribution in [1.29, 1.82) is 0 Å². The first-order chi connectivity index (χ1) is 20.7. The Balaban J connectivity index is 0.000000382. The number of hydrogen-bond acceptors (Lipinski definition) is 9. The van der Waals surface area contributed by atoms with E-state index in [0.717, 1.165) is 53.2 Å². The summed E-state index contributed by atoms with van der Waals surface area (Å²) in [6.45, 7) is 4.72. The lowest BCUT2D eigenvalue weighted by atomic mass is 9.86. The van der Waals surface area contributed by atoms with Gasteiger partial charge in [-0.2, -0.15) is 16.8 Å². The number of phenolic OH excluding ortho intramolecular Hbond substituents is 2. The van der Waals surface area contributed by atoms with Crippen molar-refractivity contribution in [3.8, 4) is 23.0 Å². The van der Waals surface area contributed by atoms with Crippen LogP contribution in [0.15, 0.2) is 66.7 Å². The maximum Gasteiger partial charge on any atom is 0.265 e. The van der Waals surface area contributed by atoms with Crippen LogP contribution in [-0.2, 0) is 20.2 Å². The molecule has 2 aliphatic heterocycles. The summed E-state index contributed by atoms with van der Waals surface area (Å²) in [6.07, 6.45) is -0.383. The number of fused-ring (bicyclic) bond motifs is 1. The molecule has 1 fully saturated rings. The zero-order valence-corrected chi connectivity index (χ0v) is 25.5. The Morgan fingerprint density at radius 3 is 2.14 bits per heavy atom. The third-order valence-electron chi connectivity index (χ3n) is 7.14. The van der Waals surface area contributed by atoms with Gasteiger partial charge in [-0.15, -0.1) is 0 Å². The van der Waals surface area contributed by atoms with E-state index in [1.54, 1.807) is 30.3 Å². The van der Waals surface area contributed by atoms with Crippen molar-refractivity contribution in [2.24, 2.45) is 5.92 Å². The van der Waals surface area contributed by atoms with Crippen LogP contribution in [0.1, 0.15) is 29.7 Å². The zero-order valence-electron chi connectivity index (χ0n) is 23.8. The Morgan fingerprint density at radius 1 is 0.909 bits per heavy atom. The summed E-state index contributed by atoms with van der Waals surface area (Å²) in [5.74, 6) is 0.0497. The van der Waals surface area contributed by atoms with Gasteiger partial charge in [0.05, 0.1) is 18.2 Å². The Kier molecular flexibility index (Phi) is 10.5. The van der Waals surface area contributed by atoms with Gasteiger partial charge in [-0.1, -0.05) is 24.3 Å². The average molecular weight is 652 g/mol. The van der Waals surface area contributed by atoms with E-state index in [1.807, 2.05) is 43.3 Å². The van der Waals surface area contributed by atoms with E-state index in [0.29, 0.717) is 12.4 Å². The number of allylic oxidation sites excluding steroid dienone is 1. The highest BCUT2D eigenvalue weighted by Gasteiger charge is 2.30. The molecular weight excluding hydrogens is 617 g/mol. The van der Waals surface area contributed by atoms with Gasteiger partial charge in [0.25, 0.3) is 20.2 Å². The smallest absolute Gasteiger partial charge is 0.265 e. The van der Waals surface area contributed by atoms with Crippen LogP contribution in [-0.4, -0.2) is 85.5 Å². The van der Waals surface area contributed by atoms with Gasteiger partial charge in [0.2, 0.25) is 0 Å². The minimum Gasteiger partial charge on any atom is -0.508 e. The van der Waals surface area contributed by atoms with Crippen molar-refractivity contribution >= 4 is 31.4 Å². The number of alkyl halides is 1. The molecular formula is C30H34FNO10S2. The predicted molar refractivity (Wildman–Crippen MR) is 163 cm³/mol. The van der Waals surface area contributed by atoms with Crippen LogP contribution in [0.2, 0.25) is 0 Å². The number of halogens is 1. The molecule has 0 aromatic heterocycles. The number of ether oxygens (including phenoxy) is 2. The maximum absolute atomic E-state index is 12.6. The summed E-state index contributed by atoms with van der Waals surface area (Å²) < 4.78 is 80.3. The number of benzene rings is 3. The van der Waals surface area contributed by atoms with Crippen LogP contribution in [0.25, 0.3) is 11.1 Å². The summed E-state index contributed by atoms with van der Waals surface area (Å²) in [7, 11) is -8.59. The van der Waals surface area contributed by atoms with E-state index in [1.165, 1.54) is 0 Å². The summed E-state index contributed by atoms with van der Waals surface area (Å²) in [5, 5.41) is 20.1. The van der Waals surface area contributed by atoms with Crippen LogP contribution in [0.4, 0.5) is 4.39 Å². The van der Waals surface area contributed by atoms with Crippen molar-refractivity contribution in [2.45, 2.75) is 13.0 Å². The van der Waals surface area contributed by atoms with Gasteiger partial charge in [-0.05, 0) is 66.1 Å². The molecule has 44 heavy (non-hydrogen) atoms. The second kappa shape index (κ2) is 13.9. The van der Waals surface area contributed by atoms with Crippen LogP contribution in [0.5, 0.6) is 23.0 Å². The van der Waals surface area contributed by atoms with E-state index in [4.69, 9.17) is 18.6 Å². The first kappa shape index (κ1) is 33.2. The molecule has 238 valence electrons. The fourth-order valence-corrected chi connectivity index (χ4v) is 6.60. The second-order valence-corrected chi connectivity index (χ2v) is 13.7. The maximum atomic E-state index is 12.6. The van der Waals surface area contributed by atoms with Crippen molar-refractivity contribution in [3.63, 3.8) is 0 Å². The number of likely N-dealkylation sites (tertiary alicyclic amines) is 1. The quantitative estimate of drug-likeness (QED) is 0.232. The average Bonchev–Trinajstić information content (AvgIpc) is 2.93. The normalized spacial score (nSPS) is 17.1. The minimum atomic E-state index is -4.30. The third-order valence-corrected chi connectivity index (χ3v) is 8.84. The topological polar surface area (TPSA) is 171 Å². The Bertz CT molecular complexity index is 1670. The molecule has 2 heterocycles. The van der Waals surface area contributed by atoms with E-state index >= 15 is 0 Å². The van der Waals surface area contributed by atoms with Gasteiger partial charge in [0.15, 0.2) is 0 Å². The molecule has 0 spiro atoms. The first-order valence-electron chi connectivity index (χ1n) is 13.6. The lowest BCUT2D eigenvalue weighted by Gasteiger charge is -2.37. The molecule has 14 heteroatoms. The highest BCUT2D eigenvalue weighted by molar-refractivity contribution is 7.89. The molecule has 5 rings (SSSR count). The predicted octanol–water partition coefficient (Wildman–Crippen LogP) is 4.20. The van der Waals surface area contributed by atoms with Gasteiger partial charge < -0.3 is 19.7 Å². The number of phenols is 2. The Labute approximate surface area is 255 Å². The molecule has 11 nitrogen and oxygen atoms in total. The molecule has 0 aliphatic carbocycles. The molecule has 3 aromatic rings. The SMILES string of the molecule is CC1=C(c2cccc(O)c2)[C@@H](c2ccc(OCCN3CC(CF)C3)cc2)Oc2ccc(O)cc21.O=S(=O)(O)CCS(=O)(=O)O. The largest absolute Gasteiger partial charge is 0.508 e. The molecule has 0 amide bonds. The van der Waals surface area contributed by atoms with Gasteiger partial charge in [0.1, 0.15) is 35.7 Å². The van der Waals surface area contributed by atoms with Crippen molar-refractivity contribution in [2.75, 3.05) is 44.4 Å². The molecule has 2 aliphatic rings. The van der Waals surface area contributed by atoms with Crippen molar-refractivity contribution < 1.29 is 50.0 Å². The van der Waals surface area contributed by atoms with E-state index in [-0.39, 0.29) is 30.2 Å². The van der Waals surface area contributed by atoms with Crippen LogP contribution >= 0.6 is 0 Å². The van der Waals surface area contributed by atoms with Crippen LogP contribution in [0, 0.1) is 5.92 Å². The van der Waals surface area contributed by atoms with Gasteiger partial charge >= 0.3 is 0 Å². The second-order valence-electron chi connectivity index (χ2n) is 10.5. The summed E-state index contributed by atoms with van der Waals surface area (Å²) >= 11 is 0. The molecule has 3 aromatic carbocycles. The number of hydrogen-bond donors (Lipinski definition) is 4. The monoisotopic (exact) mass is 651 g/mol. The summed E-state index contributed by atoms with van der Waals surface area (Å²) in [5.41, 5.74) is 4.56. The van der Waals surface area contributed by atoms with Gasteiger partial charge in [0, 0.05) is 36.7 Å². The summed E-state index contributed by atoms with van der Waals surface area (Å²) in [4.78, 5) is 2.19. The van der Waals surface area contributed by atoms with E-state index in [9.17, 15) is 31.4 Å². The highest BCUT2D eigenvalue weighted by atomic mass is 32.2. The number of aromatic hydroxyl groups is 2. The molecule has 0 bridgehead atoms. The van der Waals surface area contributed by atoms with Gasteiger partial charge in [-0.3, -0.25) is 18.4 Å². The minimum absolute atomic E-state index is 0.176. The third kappa shape index (κ3) is 9.16. The highest BCUT2D eigenvalue weighted by Crippen LogP contribution is 2.47. The lowest BCUT2D eigenvalue weighted by Crippen LogP contribution is -2.49. The Morgan fingerprint density at radius 2 is 1.55 bits per heavy atom. The van der Waals surface area contributed by atoms with Crippen LogP contribution in [0.3, 0.4) is 0 Å². The van der Waals surface area contributed by atoms with E-state index in [2.05, 4.69) is 4.90 Å². The van der Waals surface area contributed by atoms with Gasteiger partial charge in [-0.25, -0.2) is 0 Å². The molecule has 0 radical (unpaired) electrons. The summed E-state index contributed by atoms with van der Waals surface area (Å²) in [6, 6.07) is 20.1. The fourth-order valence-electron chi connectivity index (χ4n) is 4.92. The molecule has 0 saturated carbocycles. The van der Waals surface area contributed by atoms with Crippen LogP contribution < -0.4 is 9.47 Å². The number of nitrogens with zero attached hydrogens (tertiary/aromatic N) is 1.